The van der Waals surface area contributed by atoms with E-state index in [0.717, 1.165) is 0 Å². The molecule has 0 spiro atoms. The summed E-state index contributed by atoms with van der Waals surface area (Å²) >= 11 is 0. The van der Waals surface area contributed by atoms with E-state index in [2.05, 4.69) is 24.8 Å². The molecule has 0 heterocycles. The van der Waals surface area contributed by atoms with Gasteiger partial charge in [-0.15, -0.1) is 0 Å². The molecule has 1 radical (unpaired) electrons. The Kier molecular flexibility index (Phi) is 8.33. The molecule has 1 aromatic carbocycles. The van der Waals surface area contributed by atoms with Crippen molar-refractivity contribution in [3.05, 3.63) is 42.3 Å². The molecule has 0 atom stereocenters. The van der Waals surface area contributed by atoms with Gasteiger partial charge in [-0.05, 0) is 7.05 Å². The van der Waals surface area contributed by atoms with Gasteiger partial charge in [-0.25, -0.2) is 0 Å². The topological polar surface area (TPSA) is 26.0 Å². The minimum atomic E-state index is 0. The van der Waals surface area contributed by atoms with E-state index < -0.39 is 0 Å². The molecule has 1 nitrogen and oxygen atoms in total. The molecule has 12 heavy (non-hydrogen) atoms. The number of rotatable bonds is 0. The van der Waals surface area contributed by atoms with Crippen molar-refractivity contribution in [3.8, 4) is 0 Å². The van der Waals surface area contributed by atoms with Crippen LogP contribution in [0.25, 0.3) is 0 Å². The van der Waals surface area contributed by atoms with E-state index in [0.29, 0.717) is 0 Å². The SMILES string of the molecule is CN.Cc1c[c-]cc2c1C2.[CH3-].[Y]. The molecule has 0 saturated heterocycles. The van der Waals surface area contributed by atoms with E-state index in [-0.39, 0.29) is 40.1 Å². The third kappa shape index (κ3) is 3.34. The van der Waals surface area contributed by atoms with Crippen LogP contribution < -0.4 is 5.73 Å². The fraction of sp³-hybridized carbons (Fsp3) is 0.300. The molecule has 0 aromatic heterocycles. The Bertz CT molecular complexity index is 233. The molecule has 2 heteroatoms. The van der Waals surface area contributed by atoms with Gasteiger partial charge >= 0.3 is 0 Å². The Morgan fingerprint density at radius 1 is 1.33 bits per heavy atom. The summed E-state index contributed by atoms with van der Waals surface area (Å²) in [6, 6.07) is 7.20. The Labute approximate surface area is 101 Å². The molecule has 1 aromatic rings. The van der Waals surface area contributed by atoms with Crippen molar-refractivity contribution >= 4 is 0 Å². The molecule has 1 aliphatic rings. The van der Waals surface area contributed by atoms with Crippen LogP contribution in [-0.2, 0) is 39.1 Å². The van der Waals surface area contributed by atoms with E-state index >= 15 is 0 Å². The van der Waals surface area contributed by atoms with Crippen LogP contribution in [0.4, 0.5) is 0 Å². The zero-order valence-corrected chi connectivity index (χ0v) is 10.9. The van der Waals surface area contributed by atoms with Crippen LogP contribution in [0.3, 0.4) is 0 Å². The van der Waals surface area contributed by atoms with Gasteiger partial charge in [0.1, 0.15) is 0 Å². The van der Waals surface area contributed by atoms with Crippen LogP contribution in [0, 0.1) is 20.4 Å². The molecule has 0 fully saturated rings. The average molecular weight is 238 g/mol. The van der Waals surface area contributed by atoms with Crippen molar-refractivity contribution < 1.29 is 32.7 Å². The maximum Gasteiger partial charge on any atom is 0 e. The van der Waals surface area contributed by atoms with Crippen molar-refractivity contribution in [2.75, 3.05) is 7.05 Å². The van der Waals surface area contributed by atoms with Crippen LogP contribution in [0.2, 0.25) is 0 Å². The number of benzene rings is 1. The van der Waals surface area contributed by atoms with E-state index in [4.69, 9.17) is 0 Å². The predicted octanol–water partition coefficient (Wildman–Crippen LogP) is 1.72. The normalized spacial score (nSPS) is 9.25. The average Bonchev–Trinajstić information content (AvgIpc) is 2.72. The van der Waals surface area contributed by atoms with Gasteiger partial charge in [-0.3, -0.25) is 0 Å². The second-order valence-corrected chi connectivity index (χ2v) is 2.32. The molecule has 0 bridgehead atoms. The minimum Gasteiger partial charge on any atom is -0.358 e. The van der Waals surface area contributed by atoms with Gasteiger partial charge < -0.3 is 13.2 Å². The molecule has 0 aliphatic heterocycles. The molecular weight excluding hydrogens is 223 g/mol. The first-order valence-corrected chi connectivity index (χ1v) is 3.44. The summed E-state index contributed by atoms with van der Waals surface area (Å²) < 4.78 is 0. The van der Waals surface area contributed by atoms with Crippen molar-refractivity contribution in [1.29, 1.82) is 0 Å². The van der Waals surface area contributed by atoms with Gasteiger partial charge in [0.2, 0.25) is 0 Å². The molecule has 1 aliphatic carbocycles. The monoisotopic (exact) mass is 238 g/mol. The Morgan fingerprint density at radius 2 is 1.92 bits per heavy atom. The molecule has 65 valence electrons. The van der Waals surface area contributed by atoms with E-state index in [1.165, 1.54) is 24.6 Å². The second-order valence-electron chi connectivity index (χ2n) is 2.32. The number of aryl methyl sites for hydroxylation is 1. The van der Waals surface area contributed by atoms with Crippen LogP contribution in [-0.4, -0.2) is 7.05 Å². The number of hydrogen-bond donors (Lipinski definition) is 1. The Morgan fingerprint density at radius 3 is 2.33 bits per heavy atom. The minimum absolute atomic E-state index is 0. The van der Waals surface area contributed by atoms with Gasteiger partial charge in [-0.2, -0.15) is 34.9 Å². The molecule has 0 unspecified atom stereocenters. The standard InChI is InChI=1S/C8H7.CH5N.CH3.Y/c1-6-3-2-4-7-5-8(6)7;1-2;;/h3-4H,5H2,1H3;2H2,1H3;1H3;/q-1;;-1;. The molecule has 2 N–H and O–H groups in total. The van der Waals surface area contributed by atoms with Gasteiger partial charge in [-0.1, -0.05) is 13.3 Å². The summed E-state index contributed by atoms with van der Waals surface area (Å²) in [7, 11) is 1.50. The Hall–Kier alpha value is 0.284. The van der Waals surface area contributed by atoms with Gasteiger partial charge in [0.15, 0.2) is 0 Å². The number of hydrogen-bond acceptors (Lipinski definition) is 1. The summed E-state index contributed by atoms with van der Waals surface area (Å²) in [6.07, 6.45) is 1.22. The molecule has 0 saturated carbocycles. The van der Waals surface area contributed by atoms with Gasteiger partial charge in [0, 0.05) is 32.7 Å². The first-order chi connectivity index (χ1) is 4.88. The van der Waals surface area contributed by atoms with Crippen LogP contribution in [0.1, 0.15) is 16.7 Å². The van der Waals surface area contributed by atoms with Crippen molar-refractivity contribution in [3.63, 3.8) is 0 Å². The Balaban J connectivity index is 0. The fourth-order valence-electron chi connectivity index (χ4n) is 1.03. The summed E-state index contributed by atoms with van der Waals surface area (Å²) in [5, 5.41) is 0. The third-order valence-electron chi connectivity index (χ3n) is 1.66. The first-order valence-electron chi connectivity index (χ1n) is 3.44. The molecular formula is C10H15NY-2. The van der Waals surface area contributed by atoms with Gasteiger partial charge in [0.05, 0.1) is 0 Å². The maximum absolute atomic E-state index is 4.50. The van der Waals surface area contributed by atoms with Crippen LogP contribution in [0.5, 0.6) is 0 Å². The summed E-state index contributed by atoms with van der Waals surface area (Å²) in [6.45, 7) is 2.14. The van der Waals surface area contributed by atoms with E-state index in [9.17, 15) is 0 Å². The summed E-state index contributed by atoms with van der Waals surface area (Å²) in [5.41, 5.74) is 8.94. The largest absolute Gasteiger partial charge is 0.358 e. The second kappa shape index (κ2) is 6.76. The van der Waals surface area contributed by atoms with Crippen molar-refractivity contribution in [2.45, 2.75) is 13.3 Å². The maximum atomic E-state index is 4.50. The first kappa shape index (κ1) is 14.8. The van der Waals surface area contributed by atoms with E-state index in [1.807, 2.05) is 6.07 Å². The predicted molar refractivity (Wildman–Crippen MR) is 49.3 cm³/mol. The third-order valence-corrected chi connectivity index (χ3v) is 1.66. The summed E-state index contributed by atoms with van der Waals surface area (Å²) in [4.78, 5) is 0. The zero-order valence-electron chi connectivity index (χ0n) is 8.02. The number of fused-ring (bicyclic) bond motifs is 1. The smallest absolute Gasteiger partial charge is 0 e. The fourth-order valence-corrected chi connectivity index (χ4v) is 1.03. The van der Waals surface area contributed by atoms with Crippen molar-refractivity contribution in [1.82, 2.24) is 0 Å². The zero-order chi connectivity index (χ0) is 7.56. The molecule has 2 rings (SSSR count). The molecule has 0 amide bonds. The quantitative estimate of drug-likeness (QED) is 0.695. The number of nitrogens with two attached hydrogens (primary N) is 1. The van der Waals surface area contributed by atoms with E-state index in [1.54, 1.807) is 5.56 Å². The van der Waals surface area contributed by atoms with Crippen LogP contribution in [0.15, 0.2) is 12.1 Å². The van der Waals surface area contributed by atoms with Gasteiger partial charge in [0.25, 0.3) is 0 Å². The van der Waals surface area contributed by atoms with Crippen molar-refractivity contribution in [2.24, 2.45) is 5.73 Å². The van der Waals surface area contributed by atoms with Crippen LogP contribution >= 0.6 is 0 Å². The summed E-state index contributed by atoms with van der Waals surface area (Å²) in [5.74, 6) is 0.